The Balaban J connectivity index is 4.00. The fraction of sp³-hybridized carbons (Fsp3) is 0.667. The standard InChI is InChI=1S/C9H16O2/c1-7(2)5-8(10)6-9(3,4)11/h5,11H,6H2,1-4H3. The van der Waals surface area contributed by atoms with Gasteiger partial charge in [0, 0.05) is 6.42 Å². The average Bonchev–Trinajstić information content (AvgIpc) is 1.53. The molecular formula is C9H16O2. The number of aliphatic hydroxyl groups is 1. The van der Waals surface area contributed by atoms with Crippen LogP contribution >= 0.6 is 0 Å². The molecule has 0 heterocycles. The van der Waals surface area contributed by atoms with Crippen LogP contribution in [0.3, 0.4) is 0 Å². The van der Waals surface area contributed by atoms with E-state index in [0.29, 0.717) is 0 Å². The molecule has 0 aromatic carbocycles. The number of carbonyl (C=O) groups is 1. The molecule has 0 amide bonds. The molecule has 0 fully saturated rings. The molecule has 0 aliphatic carbocycles. The Hall–Kier alpha value is -0.630. The molecular weight excluding hydrogens is 140 g/mol. The lowest BCUT2D eigenvalue weighted by molar-refractivity contribution is -0.118. The van der Waals surface area contributed by atoms with Crippen molar-refractivity contribution in [2.45, 2.75) is 39.7 Å². The van der Waals surface area contributed by atoms with E-state index in [1.807, 2.05) is 13.8 Å². The van der Waals surface area contributed by atoms with Crippen molar-refractivity contribution in [1.82, 2.24) is 0 Å². The molecule has 0 radical (unpaired) electrons. The number of ketones is 1. The molecule has 1 N–H and O–H groups in total. The molecule has 2 nitrogen and oxygen atoms in total. The van der Waals surface area contributed by atoms with Crippen LogP contribution in [-0.2, 0) is 4.79 Å². The zero-order chi connectivity index (χ0) is 9.07. The van der Waals surface area contributed by atoms with Gasteiger partial charge in [0.15, 0.2) is 5.78 Å². The first kappa shape index (κ1) is 10.4. The quantitative estimate of drug-likeness (QED) is 0.631. The Morgan fingerprint density at radius 3 is 2.18 bits per heavy atom. The summed E-state index contributed by atoms with van der Waals surface area (Å²) in [5, 5.41) is 9.25. The van der Waals surface area contributed by atoms with Crippen LogP contribution in [0, 0.1) is 0 Å². The highest BCUT2D eigenvalue weighted by molar-refractivity contribution is 5.90. The van der Waals surface area contributed by atoms with Gasteiger partial charge in [0.25, 0.3) is 0 Å². The van der Waals surface area contributed by atoms with Gasteiger partial charge >= 0.3 is 0 Å². The lowest BCUT2D eigenvalue weighted by Crippen LogP contribution is -2.22. The molecule has 0 aromatic rings. The zero-order valence-corrected chi connectivity index (χ0v) is 7.64. The second-order valence-electron chi connectivity index (χ2n) is 3.68. The van der Waals surface area contributed by atoms with Crippen LogP contribution in [0.4, 0.5) is 0 Å². The minimum Gasteiger partial charge on any atom is -0.390 e. The normalized spacial score (nSPS) is 11.0. The fourth-order valence-corrected chi connectivity index (χ4v) is 0.799. The Morgan fingerprint density at radius 1 is 1.45 bits per heavy atom. The maximum absolute atomic E-state index is 11.0. The van der Waals surface area contributed by atoms with Crippen LogP contribution in [0.5, 0.6) is 0 Å². The summed E-state index contributed by atoms with van der Waals surface area (Å²) in [5.74, 6) is -0.0162. The summed E-state index contributed by atoms with van der Waals surface area (Å²) in [5.41, 5.74) is 0.0856. The van der Waals surface area contributed by atoms with Crippen molar-refractivity contribution in [2.24, 2.45) is 0 Å². The van der Waals surface area contributed by atoms with E-state index in [4.69, 9.17) is 0 Å². The first-order valence-electron chi connectivity index (χ1n) is 3.71. The number of hydrogen-bond donors (Lipinski definition) is 1. The van der Waals surface area contributed by atoms with Crippen molar-refractivity contribution in [3.63, 3.8) is 0 Å². The van der Waals surface area contributed by atoms with Crippen LogP contribution in [0.15, 0.2) is 11.6 Å². The first-order valence-corrected chi connectivity index (χ1v) is 3.71. The molecule has 0 atom stereocenters. The van der Waals surface area contributed by atoms with Crippen LogP contribution in [-0.4, -0.2) is 16.5 Å². The van der Waals surface area contributed by atoms with Crippen molar-refractivity contribution in [1.29, 1.82) is 0 Å². The van der Waals surface area contributed by atoms with E-state index < -0.39 is 5.60 Å². The molecule has 0 rings (SSSR count). The summed E-state index contributed by atoms with van der Waals surface area (Å²) >= 11 is 0. The first-order chi connectivity index (χ1) is 4.81. The third-order valence-corrected chi connectivity index (χ3v) is 1.06. The van der Waals surface area contributed by atoms with Gasteiger partial charge in [-0.3, -0.25) is 4.79 Å². The molecule has 2 heteroatoms. The second-order valence-corrected chi connectivity index (χ2v) is 3.68. The molecule has 0 aliphatic heterocycles. The molecule has 0 aromatic heterocycles. The minimum absolute atomic E-state index is 0.0162. The summed E-state index contributed by atoms with van der Waals surface area (Å²) in [6.45, 7) is 6.98. The maximum Gasteiger partial charge on any atom is 0.158 e. The van der Waals surface area contributed by atoms with Crippen molar-refractivity contribution in [3.05, 3.63) is 11.6 Å². The van der Waals surface area contributed by atoms with Gasteiger partial charge in [-0.2, -0.15) is 0 Å². The highest BCUT2D eigenvalue weighted by Crippen LogP contribution is 2.08. The summed E-state index contributed by atoms with van der Waals surface area (Å²) in [4.78, 5) is 11.0. The number of allylic oxidation sites excluding steroid dienone is 2. The van der Waals surface area contributed by atoms with Crippen molar-refractivity contribution in [2.75, 3.05) is 0 Å². The predicted molar refractivity (Wildman–Crippen MR) is 45.4 cm³/mol. The lowest BCUT2D eigenvalue weighted by Gasteiger charge is -2.14. The van der Waals surface area contributed by atoms with Crippen molar-refractivity contribution in [3.8, 4) is 0 Å². The van der Waals surface area contributed by atoms with Crippen LogP contribution in [0.1, 0.15) is 34.1 Å². The Kier molecular flexibility index (Phi) is 3.46. The Bertz CT molecular complexity index is 168. The van der Waals surface area contributed by atoms with E-state index in [1.165, 1.54) is 0 Å². The molecule has 0 bridgehead atoms. The van der Waals surface area contributed by atoms with Gasteiger partial charge in [0.2, 0.25) is 0 Å². The van der Waals surface area contributed by atoms with Gasteiger partial charge < -0.3 is 5.11 Å². The van der Waals surface area contributed by atoms with Gasteiger partial charge in [-0.15, -0.1) is 0 Å². The highest BCUT2D eigenvalue weighted by atomic mass is 16.3. The van der Waals surface area contributed by atoms with E-state index in [0.717, 1.165) is 5.57 Å². The maximum atomic E-state index is 11.0. The fourth-order valence-electron chi connectivity index (χ4n) is 0.799. The Labute approximate surface area is 67.9 Å². The largest absolute Gasteiger partial charge is 0.390 e. The van der Waals surface area contributed by atoms with Crippen LogP contribution in [0.2, 0.25) is 0 Å². The van der Waals surface area contributed by atoms with E-state index >= 15 is 0 Å². The molecule has 0 saturated heterocycles. The topological polar surface area (TPSA) is 37.3 Å². The van der Waals surface area contributed by atoms with Crippen LogP contribution < -0.4 is 0 Å². The van der Waals surface area contributed by atoms with Crippen LogP contribution in [0.25, 0.3) is 0 Å². The summed E-state index contributed by atoms with van der Waals surface area (Å²) < 4.78 is 0. The molecule has 0 spiro atoms. The summed E-state index contributed by atoms with van der Waals surface area (Å²) in [7, 11) is 0. The van der Waals surface area contributed by atoms with E-state index in [1.54, 1.807) is 19.9 Å². The number of carbonyl (C=O) groups excluding carboxylic acids is 1. The minimum atomic E-state index is -0.886. The van der Waals surface area contributed by atoms with E-state index in [9.17, 15) is 9.90 Å². The lowest BCUT2D eigenvalue weighted by atomic mass is 10.0. The van der Waals surface area contributed by atoms with Gasteiger partial charge in [-0.25, -0.2) is 0 Å². The molecule has 0 unspecified atom stereocenters. The molecule has 0 saturated carbocycles. The SMILES string of the molecule is CC(C)=CC(=O)CC(C)(C)O. The second kappa shape index (κ2) is 3.67. The van der Waals surface area contributed by atoms with Crippen molar-refractivity contribution >= 4 is 5.78 Å². The monoisotopic (exact) mass is 156 g/mol. The van der Waals surface area contributed by atoms with Crippen molar-refractivity contribution < 1.29 is 9.90 Å². The van der Waals surface area contributed by atoms with E-state index in [-0.39, 0.29) is 12.2 Å². The average molecular weight is 156 g/mol. The summed E-state index contributed by atoms with van der Waals surface area (Å²) in [6, 6.07) is 0. The zero-order valence-electron chi connectivity index (χ0n) is 7.64. The third-order valence-electron chi connectivity index (χ3n) is 1.06. The number of rotatable bonds is 3. The molecule has 64 valence electrons. The Morgan fingerprint density at radius 2 is 1.91 bits per heavy atom. The van der Waals surface area contributed by atoms with Gasteiger partial charge in [0.05, 0.1) is 5.60 Å². The smallest absolute Gasteiger partial charge is 0.158 e. The molecule has 0 aliphatic rings. The predicted octanol–water partition coefficient (Wildman–Crippen LogP) is 1.68. The summed E-state index contributed by atoms with van der Waals surface area (Å²) in [6.07, 6.45) is 1.75. The van der Waals surface area contributed by atoms with E-state index in [2.05, 4.69) is 0 Å². The molecule has 11 heavy (non-hydrogen) atoms. The van der Waals surface area contributed by atoms with Gasteiger partial charge in [-0.1, -0.05) is 5.57 Å². The third kappa shape index (κ3) is 7.26. The highest BCUT2D eigenvalue weighted by Gasteiger charge is 2.15. The van der Waals surface area contributed by atoms with Gasteiger partial charge in [-0.05, 0) is 33.8 Å². The number of hydrogen-bond acceptors (Lipinski definition) is 2. The van der Waals surface area contributed by atoms with Gasteiger partial charge in [0.1, 0.15) is 0 Å².